The van der Waals surface area contributed by atoms with Gasteiger partial charge in [0.05, 0.1) is 23.0 Å². The molecule has 0 fully saturated rings. The van der Waals surface area contributed by atoms with Gasteiger partial charge in [0.2, 0.25) is 11.7 Å². The van der Waals surface area contributed by atoms with E-state index in [9.17, 15) is 24.6 Å². The second-order valence-corrected chi connectivity index (χ2v) is 9.33. The molecule has 192 valence electrons. The average molecular weight is 495 g/mol. The van der Waals surface area contributed by atoms with Crippen molar-refractivity contribution in [2.24, 2.45) is 5.92 Å². The molecule has 2 amide bonds. The number of carbonyl (C=O) groups excluding carboxylic acids is 3. The molecule has 5 N–H and O–H groups in total. The summed E-state index contributed by atoms with van der Waals surface area (Å²) in [4.78, 5) is 39.4. The number of aromatic hydroxyl groups is 1. The highest BCUT2D eigenvalue weighted by molar-refractivity contribution is 6.11. The summed E-state index contributed by atoms with van der Waals surface area (Å²) in [5, 5.41) is 29.9. The zero-order valence-corrected chi connectivity index (χ0v) is 21.2. The van der Waals surface area contributed by atoms with Crippen molar-refractivity contribution < 1.29 is 24.6 Å². The molecule has 3 atom stereocenters. The fourth-order valence-corrected chi connectivity index (χ4v) is 4.00. The number of ketones is 1. The molecule has 1 aliphatic rings. The minimum atomic E-state index is -1.42. The summed E-state index contributed by atoms with van der Waals surface area (Å²) in [5.74, 6) is -1.72. The number of nitrogens with one attached hydrogen (secondary N) is 3. The van der Waals surface area contributed by atoms with E-state index in [0.717, 1.165) is 5.56 Å². The number of phenolic OH excluding ortho intramolecular Hbond substituents is 1. The summed E-state index contributed by atoms with van der Waals surface area (Å²) < 4.78 is 0. The Balaban J connectivity index is 1.84. The lowest BCUT2D eigenvalue weighted by Crippen LogP contribution is -2.54. The number of rotatable bonds is 10. The van der Waals surface area contributed by atoms with Gasteiger partial charge in [-0.2, -0.15) is 0 Å². The topological polar surface area (TPSA) is 131 Å². The van der Waals surface area contributed by atoms with Crippen LogP contribution in [-0.2, 0) is 9.59 Å². The third-order valence-corrected chi connectivity index (χ3v) is 6.16. The number of hydrogen-bond acceptors (Lipinski definition) is 7. The smallest absolute Gasteiger partial charge is 0.257 e. The van der Waals surface area contributed by atoms with Gasteiger partial charge in [0, 0.05) is 14.1 Å². The summed E-state index contributed by atoms with van der Waals surface area (Å²) in [6.45, 7) is 5.71. The molecule has 1 aliphatic carbocycles. The SMILES string of the molecule is CC[C@@H](NC(=O)[C@H](NC1=C(Nc2cccc(C(=O)N(C)C)c2O)C(=O)C1O)C(C)C)c1ccccc1. The van der Waals surface area contributed by atoms with Gasteiger partial charge in [-0.15, -0.1) is 0 Å². The van der Waals surface area contributed by atoms with Gasteiger partial charge in [-0.25, -0.2) is 0 Å². The molecule has 0 aromatic heterocycles. The second-order valence-electron chi connectivity index (χ2n) is 9.33. The van der Waals surface area contributed by atoms with Crippen LogP contribution in [0.3, 0.4) is 0 Å². The van der Waals surface area contributed by atoms with E-state index in [4.69, 9.17) is 0 Å². The lowest BCUT2D eigenvalue weighted by Gasteiger charge is -2.34. The number of hydrogen-bond donors (Lipinski definition) is 5. The number of aliphatic hydroxyl groups is 1. The molecule has 9 nitrogen and oxygen atoms in total. The summed E-state index contributed by atoms with van der Waals surface area (Å²) in [6.07, 6.45) is -0.732. The summed E-state index contributed by atoms with van der Waals surface area (Å²) in [6, 6.07) is 13.3. The standard InChI is InChI=1S/C27H34N4O5/c1-6-18(16-11-8-7-9-12-16)29-26(35)20(15(2)3)30-22-21(24(33)25(22)34)28-19-14-10-13-17(23(19)32)27(36)31(4)5/h7-15,18,20,25,28,30,32,34H,6H2,1-5H3,(H,29,35)/t18-,20-,25?/m1/s1. The fourth-order valence-electron chi connectivity index (χ4n) is 4.00. The molecule has 0 spiro atoms. The predicted octanol–water partition coefficient (Wildman–Crippen LogP) is 2.54. The monoisotopic (exact) mass is 494 g/mol. The molecule has 0 radical (unpaired) electrons. The summed E-state index contributed by atoms with van der Waals surface area (Å²) in [7, 11) is 3.13. The maximum absolute atomic E-state index is 13.2. The Morgan fingerprint density at radius 2 is 1.72 bits per heavy atom. The van der Waals surface area contributed by atoms with Crippen molar-refractivity contribution in [1.82, 2.24) is 15.5 Å². The molecule has 0 heterocycles. The minimum absolute atomic E-state index is 0.0285. The number of aliphatic hydroxyl groups excluding tert-OH is 1. The highest BCUT2D eigenvalue weighted by Gasteiger charge is 2.41. The average Bonchev–Trinajstić information content (AvgIpc) is 2.87. The van der Waals surface area contributed by atoms with Crippen molar-refractivity contribution in [1.29, 1.82) is 0 Å². The third kappa shape index (κ3) is 5.52. The molecule has 0 bridgehead atoms. The van der Waals surface area contributed by atoms with Gasteiger partial charge in [0.1, 0.15) is 11.7 Å². The van der Waals surface area contributed by atoms with Crippen LogP contribution in [0, 0.1) is 5.92 Å². The molecular formula is C27H34N4O5. The molecule has 0 saturated carbocycles. The van der Waals surface area contributed by atoms with Gasteiger partial charge in [-0.05, 0) is 30.0 Å². The van der Waals surface area contributed by atoms with E-state index in [2.05, 4.69) is 16.0 Å². The summed E-state index contributed by atoms with van der Waals surface area (Å²) >= 11 is 0. The zero-order valence-electron chi connectivity index (χ0n) is 21.2. The Hall–Kier alpha value is -3.85. The number of amides is 2. The second kappa shape index (κ2) is 11.3. The summed E-state index contributed by atoms with van der Waals surface area (Å²) in [5.41, 5.74) is 1.38. The molecule has 9 heteroatoms. The normalized spacial score (nSPS) is 16.8. The van der Waals surface area contributed by atoms with E-state index >= 15 is 0 Å². The Labute approximate surface area is 211 Å². The van der Waals surface area contributed by atoms with Crippen molar-refractivity contribution in [2.75, 3.05) is 19.4 Å². The van der Waals surface area contributed by atoms with Gasteiger partial charge in [0.25, 0.3) is 5.91 Å². The van der Waals surface area contributed by atoms with Crippen LogP contribution < -0.4 is 16.0 Å². The van der Waals surface area contributed by atoms with Crippen LogP contribution in [0.25, 0.3) is 0 Å². The van der Waals surface area contributed by atoms with Crippen molar-refractivity contribution in [2.45, 2.75) is 45.4 Å². The minimum Gasteiger partial charge on any atom is -0.505 e. The van der Waals surface area contributed by atoms with Gasteiger partial charge >= 0.3 is 0 Å². The molecule has 36 heavy (non-hydrogen) atoms. The quantitative estimate of drug-likeness (QED) is 0.321. The van der Waals surface area contributed by atoms with Crippen LogP contribution >= 0.6 is 0 Å². The molecular weight excluding hydrogens is 460 g/mol. The molecule has 3 rings (SSSR count). The number of phenols is 1. The number of para-hydroxylation sites is 1. The van der Waals surface area contributed by atoms with Crippen molar-refractivity contribution in [3.05, 3.63) is 71.1 Å². The first-order chi connectivity index (χ1) is 17.1. The Kier molecular flexibility index (Phi) is 8.37. The van der Waals surface area contributed by atoms with Crippen molar-refractivity contribution in [3.63, 3.8) is 0 Å². The number of carbonyl (C=O) groups is 3. The lowest BCUT2D eigenvalue weighted by atomic mass is 9.92. The largest absolute Gasteiger partial charge is 0.505 e. The first-order valence-electron chi connectivity index (χ1n) is 12.0. The Morgan fingerprint density at radius 3 is 2.31 bits per heavy atom. The van der Waals surface area contributed by atoms with E-state index in [1.54, 1.807) is 20.2 Å². The predicted molar refractivity (Wildman–Crippen MR) is 137 cm³/mol. The van der Waals surface area contributed by atoms with Crippen LogP contribution in [0.5, 0.6) is 5.75 Å². The molecule has 2 aromatic rings. The molecule has 2 aromatic carbocycles. The Bertz CT molecular complexity index is 1160. The first-order valence-corrected chi connectivity index (χ1v) is 12.0. The van der Waals surface area contributed by atoms with Crippen LogP contribution in [0.1, 0.15) is 49.2 Å². The van der Waals surface area contributed by atoms with Gasteiger partial charge in [-0.3, -0.25) is 14.4 Å². The van der Waals surface area contributed by atoms with E-state index in [1.807, 2.05) is 51.1 Å². The van der Waals surface area contributed by atoms with E-state index in [1.165, 1.54) is 17.0 Å². The molecule has 1 unspecified atom stereocenters. The maximum Gasteiger partial charge on any atom is 0.257 e. The maximum atomic E-state index is 13.2. The highest BCUT2D eigenvalue weighted by Crippen LogP contribution is 2.33. The zero-order chi connectivity index (χ0) is 26.6. The van der Waals surface area contributed by atoms with E-state index < -0.39 is 23.8 Å². The third-order valence-electron chi connectivity index (χ3n) is 6.16. The van der Waals surface area contributed by atoms with Gasteiger partial charge in [0.15, 0.2) is 11.9 Å². The van der Waals surface area contributed by atoms with E-state index in [0.29, 0.717) is 6.42 Å². The number of anilines is 1. The highest BCUT2D eigenvalue weighted by atomic mass is 16.3. The van der Waals surface area contributed by atoms with Crippen LogP contribution in [0.15, 0.2) is 59.9 Å². The van der Waals surface area contributed by atoms with Crippen LogP contribution in [0.2, 0.25) is 0 Å². The van der Waals surface area contributed by atoms with Gasteiger partial charge < -0.3 is 31.1 Å². The Morgan fingerprint density at radius 1 is 1.06 bits per heavy atom. The van der Waals surface area contributed by atoms with Crippen molar-refractivity contribution >= 4 is 23.3 Å². The van der Waals surface area contributed by atoms with E-state index in [-0.39, 0.29) is 46.3 Å². The van der Waals surface area contributed by atoms with Gasteiger partial charge in [-0.1, -0.05) is 57.2 Å². The fraction of sp³-hybridized carbons (Fsp3) is 0.370. The number of benzene rings is 2. The lowest BCUT2D eigenvalue weighted by molar-refractivity contribution is -0.127. The van der Waals surface area contributed by atoms with Crippen LogP contribution in [-0.4, -0.2) is 59.0 Å². The molecule has 0 aliphatic heterocycles. The number of nitrogens with zero attached hydrogens (tertiary/aromatic N) is 1. The van der Waals surface area contributed by atoms with Crippen LogP contribution in [0.4, 0.5) is 5.69 Å². The first kappa shape index (κ1) is 26.7. The molecule has 0 saturated heterocycles. The number of Topliss-reactive ketones (excluding diaryl/α,β-unsaturated/α-hetero) is 1. The van der Waals surface area contributed by atoms with Crippen molar-refractivity contribution in [3.8, 4) is 5.75 Å².